The SMILES string of the molecule is CC(C)c1nn(C)cc1-c1cc(Cl)ccc1CN. The Morgan fingerprint density at radius 3 is 2.67 bits per heavy atom. The van der Waals surface area contributed by atoms with Crippen LogP contribution in [0.25, 0.3) is 11.1 Å². The lowest BCUT2D eigenvalue weighted by atomic mass is 9.96. The number of hydrogen-bond acceptors (Lipinski definition) is 2. The second-order valence-corrected chi connectivity index (χ2v) is 5.20. The number of nitrogens with two attached hydrogens (primary N) is 1. The molecule has 0 bridgehead atoms. The van der Waals surface area contributed by atoms with Crippen molar-refractivity contribution in [3.63, 3.8) is 0 Å². The van der Waals surface area contributed by atoms with Gasteiger partial charge in [-0.1, -0.05) is 31.5 Å². The van der Waals surface area contributed by atoms with Crippen LogP contribution in [-0.2, 0) is 13.6 Å². The fourth-order valence-electron chi connectivity index (χ4n) is 2.12. The second kappa shape index (κ2) is 5.12. The summed E-state index contributed by atoms with van der Waals surface area (Å²) in [4.78, 5) is 0. The molecule has 0 aliphatic rings. The molecule has 0 saturated carbocycles. The Balaban J connectivity index is 2.64. The standard InChI is InChI=1S/C14H18ClN3/c1-9(2)14-13(8-18(3)17-14)12-6-11(15)5-4-10(12)7-16/h4-6,8-9H,7,16H2,1-3H3. The number of aromatic nitrogens is 2. The van der Waals surface area contributed by atoms with E-state index in [0.29, 0.717) is 12.5 Å². The average molecular weight is 264 g/mol. The van der Waals surface area contributed by atoms with Crippen LogP contribution in [0.4, 0.5) is 0 Å². The first-order valence-corrected chi connectivity index (χ1v) is 6.43. The van der Waals surface area contributed by atoms with E-state index in [-0.39, 0.29) is 0 Å². The predicted molar refractivity (Wildman–Crippen MR) is 75.6 cm³/mol. The van der Waals surface area contributed by atoms with Crippen molar-refractivity contribution in [1.82, 2.24) is 9.78 Å². The van der Waals surface area contributed by atoms with Gasteiger partial charge in [0, 0.05) is 30.4 Å². The number of halogens is 1. The van der Waals surface area contributed by atoms with Gasteiger partial charge in [-0.25, -0.2) is 0 Å². The van der Waals surface area contributed by atoms with Gasteiger partial charge in [-0.05, 0) is 29.2 Å². The number of hydrogen-bond donors (Lipinski definition) is 1. The second-order valence-electron chi connectivity index (χ2n) is 4.76. The van der Waals surface area contributed by atoms with Crippen LogP contribution in [0.1, 0.15) is 31.0 Å². The summed E-state index contributed by atoms with van der Waals surface area (Å²) >= 11 is 6.09. The molecule has 1 aromatic carbocycles. The molecular weight excluding hydrogens is 246 g/mol. The smallest absolute Gasteiger partial charge is 0.0728 e. The Kier molecular flexibility index (Phi) is 3.73. The lowest BCUT2D eigenvalue weighted by Crippen LogP contribution is -2.00. The first-order valence-electron chi connectivity index (χ1n) is 6.05. The van der Waals surface area contributed by atoms with Crippen LogP contribution in [0.5, 0.6) is 0 Å². The van der Waals surface area contributed by atoms with Crippen LogP contribution in [-0.4, -0.2) is 9.78 Å². The van der Waals surface area contributed by atoms with Crippen LogP contribution in [0, 0.1) is 0 Å². The van der Waals surface area contributed by atoms with Crippen LogP contribution >= 0.6 is 11.6 Å². The molecule has 3 nitrogen and oxygen atoms in total. The number of benzene rings is 1. The van der Waals surface area contributed by atoms with E-state index in [2.05, 4.69) is 18.9 Å². The molecule has 0 radical (unpaired) electrons. The van der Waals surface area contributed by atoms with Gasteiger partial charge in [0.25, 0.3) is 0 Å². The number of rotatable bonds is 3. The van der Waals surface area contributed by atoms with E-state index >= 15 is 0 Å². The van der Waals surface area contributed by atoms with E-state index in [0.717, 1.165) is 27.4 Å². The molecule has 0 aliphatic carbocycles. The molecule has 0 fully saturated rings. The number of nitrogens with zero attached hydrogens (tertiary/aromatic N) is 2. The maximum Gasteiger partial charge on any atom is 0.0728 e. The van der Waals surface area contributed by atoms with E-state index in [9.17, 15) is 0 Å². The van der Waals surface area contributed by atoms with Crippen molar-refractivity contribution in [2.75, 3.05) is 0 Å². The summed E-state index contributed by atoms with van der Waals surface area (Å²) in [6.07, 6.45) is 2.03. The van der Waals surface area contributed by atoms with E-state index < -0.39 is 0 Å². The lowest BCUT2D eigenvalue weighted by Gasteiger charge is -2.10. The van der Waals surface area contributed by atoms with E-state index in [1.54, 1.807) is 0 Å². The molecule has 0 amide bonds. The monoisotopic (exact) mass is 263 g/mol. The van der Waals surface area contributed by atoms with Gasteiger partial charge in [0.05, 0.1) is 5.69 Å². The molecule has 1 heterocycles. The van der Waals surface area contributed by atoms with Crippen molar-refractivity contribution in [3.05, 3.63) is 40.7 Å². The van der Waals surface area contributed by atoms with Gasteiger partial charge in [-0.15, -0.1) is 0 Å². The molecular formula is C14H18ClN3. The molecule has 2 N–H and O–H groups in total. The summed E-state index contributed by atoms with van der Waals surface area (Å²) in [6.45, 7) is 4.77. The Morgan fingerprint density at radius 2 is 2.06 bits per heavy atom. The Labute approximate surface area is 113 Å². The van der Waals surface area contributed by atoms with E-state index in [4.69, 9.17) is 17.3 Å². The Morgan fingerprint density at radius 1 is 1.33 bits per heavy atom. The minimum atomic E-state index is 0.366. The van der Waals surface area contributed by atoms with Crippen LogP contribution in [0.15, 0.2) is 24.4 Å². The molecule has 18 heavy (non-hydrogen) atoms. The van der Waals surface area contributed by atoms with Crippen molar-refractivity contribution in [1.29, 1.82) is 0 Å². The molecule has 0 unspecified atom stereocenters. The zero-order valence-corrected chi connectivity index (χ0v) is 11.7. The molecule has 0 aliphatic heterocycles. The highest BCUT2D eigenvalue weighted by atomic mass is 35.5. The molecule has 2 aromatic rings. The summed E-state index contributed by atoms with van der Waals surface area (Å²) in [7, 11) is 1.93. The van der Waals surface area contributed by atoms with E-state index in [1.807, 2.05) is 36.1 Å². The molecule has 1 aromatic heterocycles. The molecule has 0 saturated heterocycles. The first kappa shape index (κ1) is 13.1. The van der Waals surface area contributed by atoms with Crippen LogP contribution in [0.3, 0.4) is 0 Å². The zero-order chi connectivity index (χ0) is 13.3. The molecule has 0 atom stereocenters. The topological polar surface area (TPSA) is 43.8 Å². The van der Waals surface area contributed by atoms with Gasteiger partial charge in [0.15, 0.2) is 0 Å². The fourth-order valence-corrected chi connectivity index (χ4v) is 2.29. The Bertz CT molecular complexity index is 558. The maximum atomic E-state index is 6.09. The number of aryl methyl sites for hydroxylation is 1. The molecule has 4 heteroatoms. The third-order valence-corrected chi connectivity index (χ3v) is 3.22. The highest BCUT2D eigenvalue weighted by Crippen LogP contribution is 2.32. The van der Waals surface area contributed by atoms with Gasteiger partial charge in [-0.2, -0.15) is 5.10 Å². The first-order chi connectivity index (χ1) is 8.52. The van der Waals surface area contributed by atoms with Crippen molar-refractivity contribution in [2.24, 2.45) is 12.8 Å². The van der Waals surface area contributed by atoms with Crippen LogP contribution in [0.2, 0.25) is 5.02 Å². The van der Waals surface area contributed by atoms with Crippen molar-refractivity contribution >= 4 is 11.6 Å². The lowest BCUT2D eigenvalue weighted by molar-refractivity contribution is 0.713. The van der Waals surface area contributed by atoms with Gasteiger partial charge in [0.2, 0.25) is 0 Å². The Hall–Kier alpha value is -1.32. The van der Waals surface area contributed by atoms with Crippen molar-refractivity contribution in [3.8, 4) is 11.1 Å². The van der Waals surface area contributed by atoms with Gasteiger partial charge in [0.1, 0.15) is 0 Å². The van der Waals surface area contributed by atoms with E-state index in [1.165, 1.54) is 0 Å². The normalized spacial score (nSPS) is 11.2. The van der Waals surface area contributed by atoms with Crippen molar-refractivity contribution in [2.45, 2.75) is 26.3 Å². The zero-order valence-electron chi connectivity index (χ0n) is 10.9. The minimum Gasteiger partial charge on any atom is -0.326 e. The van der Waals surface area contributed by atoms with Crippen molar-refractivity contribution < 1.29 is 0 Å². The molecule has 96 valence electrons. The minimum absolute atomic E-state index is 0.366. The fraction of sp³-hybridized carbons (Fsp3) is 0.357. The molecule has 2 rings (SSSR count). The summed E-state index contributed by atoms with van der Waals surface area (Å²) in [5.74, 6) is 0.366. The summed E-state index contributed by atoms with van der Waals surface area (Å²) in [5.41, 5.74) is 10.2. The van der Waals surface area contributed by atoms with Gasteiger partial charge >= 0.3 is 0 Å². The third-order valence-electron chi connectivity index (χ3n) is 2.99. The molecule has 0 spiro atoms. The quantitative estimate of drug-likeness (QED) is 0.923. The summed E-state index contributed by atoms with van der Waals surface area (Å²) in [5, 5.41) is 5.25. The van der Waals surface area contributed by atoms with Gasteiger partial charge < -0.3 is 5.73 Å². The predicted octanol–water partition coefficient (Wildman–Crippen LogP) is 3.32. The third kappa shape index (κ3) is 2.42. The largest absolute Gasteiger partial charge is 0.326 e. The maximum absolute atomic E-state index is 6.09. The van der Waals surface area contributed by atoms with Gasteiger partial charge in [-0.3, -0.25) is 4.68 Å². The average Bonchev–Trinajstić information content (AvgIpc) is 2.71. The summed E-state index contributed by atoms with van der Waals surface area (Å²) < 4.78 is 1.84. The highest BCUT2D eigenvalue weighted by molar-refractivity contribution is 6.30. The highest BCUT2D eigenvalue weighted by Gasteiger charge is 2.15. The van der Waals surface area contributed by atoms with Crippen LogP contribution < -0.4 is 5.73 Å². The summed E-state index contributed by atoms with van der Waals surface area (Å²) in [6, 6.07) is 5.82.